The van der Waals surface area contributed by atoms with Crippen molar-refractivity contribution in [2.75, 3.05) is 20.1 Å². The van der Waals surface area contributed by atoms with Crippen LogP contribution in [0.15, 0.2) is 0 Å². The fraction of sp³-hybridized carbons (Fsp3) is 0.857. The molecule has 0 aliphatic heterocycles. The van der Waals surface area contributed by atoms with E-state index in [9.17, 15) is 0 Å². The van der Waals surface area contributed by atoms with E-state index in [1.807, 2.05) is 0 Å². The fourth-order valence-electron chi connectivity index (χ4n) is 0.664. The Morgan fingerprint density at radius 3 is 2.64 bits per heavy atom. The fourth-order valence-corrected chi connectivity index (χ4v) is 0.664. The van der Waals surface area contributed by atoms with Crippen LogP contribution in [0.3, 0.4) is 0 Å². The van der Waals surface area contributed by atoms with Crippen LogP contribution in [0.4, 0.5) is 0 Å². The molecule has 0 aliphatic rings. The summed E-state index contributed by atoms with van der Waals surface area (Å²) in [6, 6.07) is 1.90. The number of nitrogens with zero attached hydrogens (tertiary/aromatic N) is 2. The van der Waals surface area contributed by atoms with Crippen molar-refractivity contribution >= 4 is 0 Å². The molecule has 3 N–H and O–H groups in total. The van der Waals surface area contributed by atoms with E-state index >= 15 is 0 Å². The Morgan fingerprint density at radius 2 is 2.27 bits per heavy atom. The molecule has 0 saturated heterocycles. The van der Waals surface area contributed by atoms with Crippen molar-refractivity contribution in [3.05, 3.63) is 0 Å². The zero-order valence-electron chi connectivity index (χ0n) is 6.99. The normalized spacial score (nSPS) is 16.0. The molecule has 0 saturated carbocycles. The van der Waals surface area contributed by atoms with Crippen LogP contribution in [-0.4, -0.2) is 42.3 Å². The molecule has 0 spiro atoms. The maximum atomic E-state index is 9.10. The van der Waals surface area contributed by atoms with Crippen LogP contribution in [0.5, 0.6) is 0 Å². The van der Waals surface area contributed by atoms with E-state index in [0.717, 1.165) is 0 Å². The predicted octanol–water partition coefficient (Wildman–Crippen LogP) is -0.850. The highest BCUT2D eigenvalue weighted by molar-refractivity contribution is 4.87. The van der Waals surface area contributed by atoms with Crippen LogP contribution in [-0.2, 0) is 0 Å². The number of aliphatic hydroxyl groups excluding tert-OH is 1. The number of hydrogen-bond donors (Lipinski definition) is 2. The number of nitriles is 1. The first-order chi connectivity index (χ1) is 5.11. The third kappa shape index (κ3) is 3.94. The molecule has 0 aromatic heterocycles. The molecule has 64 valence electrons. The molecule has 0 bridgehead atoms. The summed E-state index contributed by atoms with van der Waals surface area (Å²) in [6.45, 7) is 2.47. The maximum absolute atomic E-state index is 9.10. The van der Waals surface area contributed by atoms with Gasteiger partial charge in [0.15, 0.2) is 0 Å². The van der Waals surface area contributed by atoms with Gasteiger partial charge >= 0.3 is 0 Å². The summed E-state index contributed by atoms with van der Waals surface area (Å²) in [5.74, 6) is 0. The van der Waals surface area contributed by atoms with Gasteiger partial charge in [0.2, 0.25) is 0 Å². The number of likely N-dealkylation sites (N-methyl/N-ethyl adjacent to an activating group) is 1. The highest BCUT2D eigenvalue weighted by atomic mass is 16.3. The summed E-state index contributed by atoms with van der Waals surface area (Å²) in [5, 5.41) is 17.6. The lowest BCUT2D eigenvalue weighted by Crippen LogP contribution is -2.38. The number of rotatable bonds is 4. The van der Waals surface area contributed by atoms with E-state index in [4.69, 9.17) is 16.1 Å². The highest BCUT2D eigenvalue weighted by Crippen LogP contribution is 1.94. The van der Waals surface area contributed by atoms with Gasteiger partial charge < -0.3 is 10.8 Å². The molecule has 0 fully saturated rings. The first kappa shape index (κ1) is 10.4. The van der Waals surface area contributed by atoms with Crippen LogP contribution < -0.4 is 5.73 Å². The second kappa shape index (κ2) is 5.08. The zero-order chi connectivity index (χ0) is 8.85. The van der Waals surface area contributed by atoms with Crippen molar-refractivity contribution in [1.82, 2.24) is 4.90 Å². The molecule has 0 aromatic rings. The second-order valence-electron chi connectivity index (χ2n) is 2.63. The van der Waals surface area contributed by atoms with E-state index in [1.54, 1.807) is 18.9 Å². The van der Waals surface area contributed by atoms with Gasteiger partial charge in [0.05, 0.1) is 18.2 Å². The van der Waals surface area contributed by atoms with Gasteiger partial charge in [0.25, 0.3) is 0 Å². The molecule has 0 aromatic carbocycles. The Bertz CT molecular complexity index is 143. The van der Waals surface area contributed by atoms with Gasteiger partial charge in [-0.05, 0) is 14.0 Å². The average Bonchev–Trinajstić information content (AvgIpc) is 2.02. The average molecular weight is 157 g/mol. The molecule has 4 heteroatoms. The van der Waals surface area contributed by atoms with Gasteiger partial charge in [0, 0.05) is 13.1 Å². The topological polar surface area (TPSA) is 73.3 Å². The molecule has 0 radical (unpaired) electrons. The third-order valence-corrected chi connectivity index (χ3v) is 1.62. The van der Waals surface area contributed by atoms with E-state index < -0.39 is 6.10 Å². The quantitative estimate of drug-likeness (QED) is 0.557. The van der Waals surface area contributed by atoms with Crippen LogP contribution in [0.25, 0.3) is 0 Å². The van der Waals surface area contributed by atoms with Gasteiger partial charge in [-0.25, -0.2) is 0 Å². The van der Waals surface area contributed by atoms with Crippen molar-refractivity contribution in [2.24, 2.45) is 5.73 Å². The van der Waals surface area contributed by atoms with Crippen molar-refractivity contribution in [1.29, 1.82) is 5.26 Å². The summed E-state index contributed by atoms with van der Waals surface area (Å²) in [6.07, 6.45) is -0.532. The highest BCUT2D eigenvalue weighted by Gasteiger charge is 2.10. The Kier molecular flexibility index (Phi) is 4.79. The Balaban J connectivity index is 3.69. The van der Waals surface area contributed by atoms with Gasteiger partial charge in [-0.1, -0.05) is 0 Å². The van der Waals surface area contributed by atoms with E-state index in [1.165, 1.54) is 0 Å². The van der Waals surface area contributed by atoms with Crippen LogP contribution in [0.2, 0.25) is 0 Å². The lowest BCUT2D eigenvalue weighted by molar-refractivity contribution is 0.125. The Morgan fingerprint density at radius 1 is 1.73 bits per heavy atom. The summed E-state index contributed by atoms with van der Waals surface area (Å²) >= 11 is 0. The molecule has 0 amide bonds. The third-order valence-electron chi connectivity index (χ3n) is 1.62. The molecule has 2 atom stereocenters. The van der Waals surface area contributed by atoms with Gasteiger partial charge in [-0.2, -0.15) is 5.26 Å². The monoisotopic (exact) mass is 157 g/mol. The standard InChI is InChI=1S/C7H15N3O/c1-6(3-8)10(2)5-7(11)4-9/h6-7,11H,4-5,9H2,1-2H3. The molecule has 0 aliphatic carbocycles. The smallest absolute Gasteiger partial charge is 0.0947 e. The van der Waals surface area contributed by atoms with Crippen molar-refractivity contribution < 1.29 is 5.11 Å². The molecular weight excluding hydrogens is 142 g/mol. The number of aliphatic hydroxyl groups is 1. The summed E-state index contributed by atoms with van der Waals surface area (Å²) in [7, 11) is 1.78. The van der Waals surface area contributed by atoms with Crippen LogP contribution in [0, 0.1) is 11.3 Å². The zero-order valence-corrected chi connectivity index (χ0v) is 6.99. The van der Waals surface area contributed by atoms with Crippen LogP contribution >= 0.6 is 0 Å². The van der Waals surface area contributed by atoms with Gasteiger partial charge in [0.1, 0.15) is 0 Å². The molecule has 0 rings (SSSR count). The summed E-state index contributed by atoms with van der Waals surface area (Å²) in [5.41, 5.74) is 5.20. The molecule has 2 unspecified atom stereocenters. The van der Waals surface area contributed by atoms with Crippen molar-refractivity contribution in [2.45, 2.75) is 19.1 Å². The summed E-state index contributed by atoms with van der Waals surface area (Å²) in [4.78, 5) is 1.76. The minimum Gasteiger partial charge on any atom is -0.390 e. The minimum atomic E-state index is -0.532. The largest absolute Gasteiger partial charge is 0.390 e. The lowest BCUT2D eigenvalue weighted by Gasteiger charge is -2.21. The maximum Gasteiger partial charge on any atom is 0.0947 e. The van der Waals surface area contributed by atoms with Crippen molar-refractivity contribution in [3.8, 4) is 6.07 Å². The molecular formula is C7H15N3O. The Labute approximate surface area is 67.2 Å². The number of nitrogens with two attached hydrogens (primary N) is 1. The minimum absolute atomic E-state index is 0.170. The first-order valence-corrected chi connectivity index (χ1v) is 3.59. The molecule has 0 heterocycles. The Hall–Kier alpha value is -0.630. The van der Waals surface area contributed by atoms with E-state index in [-0.39, 0.29) is 12.6 Å². The van der Waals surface area contributed by atoms with E-state index in [0.29, 0.717) is 6.54 Å². The molecule has 4 nitrogen and oxygen atoms in total. The van der Waals surface area contributed by atoms with Crippen LogP contribution in [0.1, 0.15) is 6.92 Å². The molecule has 11 heavy (non-hydrogen) atoms. The summed E-state index contributed by atoms with van der Waals surface area (Å²) < 4.78 is 0. The van der Waals surface area contributed by atoms with Crippen molar-refractivity contribution in [3.63, 3.8) is 0 Å². The van der Waals surface area contributed by atoms with E-state index in [2.05, 4.69) is 6.07 Å². The first-order valence-electron chi connectivity index (χ1n) is 3.59. The van der Waals surface area contributed by atoms with Gasteiger partial charge in [-0.3, -0.25) is 4.90 Å². The van der Waals surface area contributed by atoms with Gasteiger partial charge in [-0.15, -0.1) is 0 Å². The lowest BCUT2D eigenvalue weighted by atomic mass is 10.3. The second-order valence-corrected chi connectivity index (χ2v) is 2.63. The predicted molar refractivity (Wildman–Crippen MR) is 42.8 cm³/mol. The number of hydrogen-bond acceptors (Lipinski definition) is 4. The SMILES string of the molecule is CC(C#N)N(C)CC(O)CN.